The summed E-state index contributed by atoms with van der Waals surface area (Å²) in [7, 11) is 0. The molecule has 0 amide bonds. The Labute approximate surface area is 85.0 Å². The second kappa shape index (κ2) is 5.32. The molecule has 0 saturated heterocycles. The van der Waals surface area contributed by atoms with Crippen LogP contribution in [0.15, 0.2) is 18.2 Å². The first-order valence-corrected chi connectivity index (χ1v) is 4.80. The Hall–Kier alpha value is -1.44. The lowest BCUT2D eigenvalue weighted by Gasteiger charge is -2.03. The monoisotopic (exact) mass is 186 g/mol. The minimum atomic E-state index is 0.639. The van der Waals surface area contributed by atoms with E-state index in [0.717, 1.165) is 12.8 Å². The van der Waals surface area contributed by atoms with Crippen LogP contribution in [0.2, 0.25) is 0 Å². The molecule has 0 heterocycles. The maximum atomic E-state index is 7.09. The Morgan fingerprint density at radius 2 is 1.86 bits per heavy atom. The van der Waals surface area contributed by atoms with E-state index >= 15 is 0 Å². The highest BCUT2D eigenvalue weighted by Crippen LogP contribution is 2.11. The lowest BCUT2D eigenvalue weighted by atomic mass is 10.0. The minimum absolute atomic E-state index is 0.639. The number of nitrogens with one attached hydrogen (secondary N) is 2. The van der Waals surface area contributed by atoms with Crippen molar-refractivity contribution in [3.63, 3.8) is 0 Å². The van der Waals surface area contributed by atoms with Gasteiger partial charge in [0.05, 0.1) is 12.4 Å². The van der Waals surface area contributed by atoms with Gasteiger partial charge in [0.25, 0.3) is 0 Å². The maximum absolute atomic E-state index is 7.09. The molecule has 2 nitrogen and oxygen atoms in total. The van der Waals surface area contributed by atoms with E-state index in [1.807, 2.05) is 18.2 Å². The molecule has 1 aromatic carbocycles. The molecule has 0 fully saturated rings. The highest BCUT2D eigenvalue weighted by atomic mass is 14.4. The van der Waals surface area contributed by atoms with E-state index < -0.39 is 0 Å². The second-order valence-electron chi connectivity index (χ2n) is 3.23. The fraction of sp³-hybridized carbons (Fsp3) is 0.333. The molecule has 1 aromatic rings. The van der Waals surface area contributed by atoms with Crippen LogP contribution in [-0.4, -0.2) is 12.4 Å². The fourth-order valence-electron chi connectivity index (χ4n) is 1.34. The molecule has 0 aliphatic heterocycles. The summed E-state index contributed by atoms with van der Waals surface area (Å²) in [6.45, 7) is 2.16. The van der Waals surface area contributed by atoms with E-state index in [1.54, 1.807) is 0 Å². The van der Waals surface area contributed by atoms with Crippen molar-refractivity contribution in [1.29, 1.82) is 10.8 Å². The number of hydrogen-bond donors (Lipinski definition) is 2. The SMILES string of the molecule is CCCCc1ccc([C]=N)c([C]=N)c1. The lowest BCUT2D eigenvalue weighted by Crippen LogP contribution is -1.93. The Morgan fingerprint density at radius 3 is 2.43 bits per heavy atom. The van der Waals surface area contributed by atoms with Crippen molar-refractivity contribution in [3.8, 4) is 0 Å². The molecule has 2 heteroatoms. The zero-order valence-corrected chi connectivity index (χ0v) is 8.35. The largest absolute Gasteiger partial charge is 0.298 e. The predicted molar refractivity (Wildman–Crippen MR) is 58.7 cm³/mol. The fourth-order valence-corrected chi connectivity index (χ4v) is 1.34. The Morgan fingerprint density at radius 1 is 1.14 bits per heavy atom. The number of aryl methyl sites for hydroxylation is 1. The molecule has 0 spiro atoms. The summed E-state index contributed by atoms with van der Waals surface area (Å²) in [6.07, 6.45) is 7.99. The summed E-state index contributed by atoms with van der Waals surface area (Å²) in [4.78, 5) is 0. The molecule has 0 unspecified atom stereocenters. The van der Waals surface area contributed by atoms with Crippen molar-refractivity contribution in [2.24, 2.45) is 0 Å². The van der Waals surface area contributed by atoms with E-state index in [0.29, 0.717) is 11.1 Å². The molecule has 2 N–H and O–H groups in total. The van der Waals surface area contributed by atoms with Crippen LogP contribution in [-0.2, 0) is 6.42 Å². The Bertz CT molecular complexity index is 329. The van der Waals surface area contributed by atoms with Crippen LogP contribution < -0.4 is 0 Å². The van der Waals surface area contributed by atoms with Crippen LogP contribution in [0.25, 0.3) is 0 Å². The highest BCUT2D eigenvalue weighted by Gasteiger charge is 2.00. The summed E-state index contributed by atoms with van der Waals surface area (Å²) < 4.78 is 0. The van der Waals surface area contributed by atoms with Gasteiger partial charge in [0.15, 0.2) is 0 Å². The average molecular weight is 186 g/mol. The number of benzene rings is 1. The van der Waals surface area contributed by atoms with Crippen molar-refractivity contribution >= 4 is 12.4 Å². The quantitative estimate of drug-likeness (QED) is 0.664. The van der Waals surface area contributed by atoms with E-state index in [2.05, 4.69) is 19.4 Å². The average Bonchev–Trinajstić information content (AvgIpc) is 2.25. The molecule has 0 bridgehead atoms. The van der Waals surface area contributed by atoms with Crippen LogP contribution in [0.1, 0.15) is 36.5 Å². The summed E-state index contributed by atoms with van der Waals surface area (Å²) in [5, 5.41) is 14.1. The molecule has 0 aliphatic rings. The molecular weight excluding hydrogens is 172 g/mol. The van der Waals surface area contributed by atoms with Crippen molar-refractivity contribution in [2.45, 2.75) is 26.2 Å². The van der Waals surface area contributed by atoms with E-state index in [1.165, 1.54) is 12.0 Å². The molecule has 0 aliphatic carbocycles. The van der Waals surface area contributed by atoms with Crippen molar-refractivity contribution < 1.29 is 0 Å². The zero-order valence-electron chi connectivity index (χ0n) is 8.35. The summed E-state index contributed by atoms with van der Waals surface area (Å²) >= 11 is 0. The van der Waals surface area contributed by atoms with Gasteiger partial charge in [0, 0.05) is 11.1 Å². The molecule has 0 aromatic heterocycles. The smallest absolute Gasteiger partial charge is 0.0874 e. The number of unbranched alkanes of at least 4 members (excludes halogenated alkanes) is 1. The first-order chi connectivity index (χ1) is 6.81. The van der Waals surface area contributed by atoms with Crippen LogP contribution in [0.4, 0.5) is 0 Å². The van der Waals surface area contributed by atoms with Crippen LogP contribution in [0.5, 0.6) is 0 Å². The predicted octanol–water partition coefficient (Wildman–Crippen LogP) is 2.78. The van der Waals surface area contributed by atoms with Gasteiger partial charge in [-0.2, -0.15) is 0 Å². The van der Waals surface area contributed by atoms with E-state index in [4.69, 9.17) is 10.8 Å². The van der Waals surface area contributed by atoms with Gasteiger partial charge in [-0.3, -0.25) is 10.8 Å². The van der Waals surface area contributed by atoms with Gasteiger partial charge in [-0.05, 0) is 24.5 Å². The number of hydrogen-bond acceptors (Lipinski definition) is 2. The molecular formula is C12H14N2. The van der Waals surface area contributed by atoms with Crippen molar-refractivity contribution in [1.82, 2.24) is 0 Å². The number of rotatable bonds is 5. The van der Waals surface area contributed by atoms with E-state index in [9.17, 15) is 0 Å². The standard InChI is InChI=1S/C12H14N2/c1-2-3-4-10-5-6-11(8-13)12(7-10)9-14/h5-7,13-14H,2-4H2,1H3. The molecule has 1 rings (SSSR count). The van der Waals surface area contributed by atoms with Crippen LogP contribution >= 0.6 is 0 Å². The van der Waals surface area contributed by atoms with Crippen molar-refractivity contribution in [2.75, 3.05) is 0 Å². The van der Waals surface area contributed by atoms with E-state index in [-0.39, 0.29) is 0 Å². The third kappa shape index (κ3) is 2.52. The minimum Gasteiger partial charge on any atom is -0.298 e. The Balaban J connectivity index is 2.89. The van der Waals surface area contributed by atoms with Gasteiger partial charge in [0.2, 0.25) is 0 Å². The van der Waals surface area contributed by atoms with Crippen LogP contribution in [0.3, 0.4) is 0 Å². The molecule has 14 heavy (non-hydrogen) atoms. The Kier molecular flexibility index (Phi) is 4.05. The highest BCUT2D eigenvalue weighted by molar-refractivity contribution is 5.92. The van der Waals surface area contributed by atoms with Gasteiger partial charge >= 0.3 is 0 Å². The van der Waals surface area contributed by atoms with Crippen molar-refractivity contribution in [3.05, 3.63) is 34.9 Å². The molecule has 72 valence electrons. The first kappa shape index (κ1) is 10.6. The van der Waals surface area contributed by atoms with Gasteiger partial charge in [0.1, 0.15) is 0 Å². The van der Waals surface area contributed by atoms with Gasteiger partial charge in [-0.1, -0.05) is 25.5 Å². The molecule has 0 saturated carbocycles. The normalized spacial score (nSPS) is 9.79. The molecule has 0 atom stereocenters. The zero-order chi connectivity index (χ0) is 10.4. The summed E-state index contributed by atoms with van der Waals surface area (Å²) in [6, 6.07) is 5.74. The van der Waals surface area contributed by atoms with Gasteiger partial charge in [-0.15, -0.1) is 0 Å². The van der Waals surface area contributed by atoms with Gasteiger partial charge in [-0.25, -0.2) is 0 Å². The first-order valence-electron chi connectivity index (χ1n) is 4.80. The topological polar surface area (TPSA) is 47.7 Å². The van der Waals surface area contributed by atoms with Crippen LogP contribution in [0, 0.1) is 10.8 Å². The lowest BCUT2D eigenvalue weighted by molar-refractivity contribution is 0.795. The second-order valence-corrected chi connectivity index (χ2v) is 3.23. The maximum Gasteiger partial charge on any atom is 0.0874 e. The summed E-state index contributed by atoms with van der Waals surface area (Å²) in [5.74, 6) is 0. The summed E-state index contributed by atoms with van der Waals surface area (Å²) in [5.41, 5.74) is 2.51. The molecule has 2 radical (unpaired) electrons. The third-order valence-corrected chi connectivity index (χ3v) is 2.17. The third-order valence-electron chi connectivity index (χ3n) is 2.17. The van der Waals surface area contributed by atoms with Gasteiger partial charge < -0.3 is 0 Å².